The van der Waals surface area contributed by atoms with Crippen molar-refractivity contribution in [3.63, 3.8) is 0 Å². The zero-order valence-electron chi connectivity index (χ0n) is 16.4. The first-order chi connectivity index (χ1) is 13.8. The molecule has 0 fully saturated rings. The van der Waals surface area contributed by atoms with E-state index in [2.05, 4.69) is 39.3 Å². The van der Waals surface area contributed by atoms with E-state index in [4.69, 9.17) is 0 Å². The molecular weight excluding hydrogens is 497 g/mol. The third kappa shape index (κ3) is 4.29. The Hall–Kier alpha value is -2.02. The fraction of sp³-hybridized carbons (Fsp3) is 0.273. The van der Waals surface area contributed by atoms with E-state index in [0.29, 0.717) is 16.3 Å². The Morgan fingerprint density at radius 1 is 1.28 bits per heavy atom. The van der Waals surface area contributed by atoms with E-state index in [1.807, 2.05) is 61.7 Å². The smallest absolute Gasteiger partial charge is 0.233 e. The highest BCUT2D eigenvalue weighted by atomic mass is 127. The lowest BCUT2D eigenvalue weighted by molar-refractivity contribution is -0.131. The van der Waals surface area contributed by atoms with E-state index in [9.17, 15) is 15.2 Å². The van der Waals surface area contributed by atoms with Gasteiger partial charge in [0.15, 0.2) is 0 Å². The monoisotopic (exact) mass is 519 g/mol. The van der Waals surface area contributed by atoms with Crippen molar-refractivity contribution in [1.82, 2.24) is 5.32 Å². The van der Waals surface area contributed by atoms with E-state index in [0.717, 1.165) is 14.7 Å². The van der Waals surface area contributed by atoms with Crippen LogP contribution in [0.5, 0.6) is 0 Å². The van der Waals surface area contributed by atoms with Gasteiger partial charge in [-0.1, -0.05) is 36.4 Å². The minimum Gasteiger partial charge on any atom is -0.370 e. The predicted molar refractivity (Wildman–Crippen MR) is 125 cm³/mol. The van der Waals surface area contributed by atoms with E-state index in [1.54, 1.807) is 6.92 Å². The first kappa shape index (κ1) is 21.7. The van der Waals surface area contributed by atoms with Crippen molar-refractivity contribution >= 4 is 45.9 Å². The topological polar surface area (TPSA) is 85.2 Å². The molecule has 0 bridgehead atoms. The summed E-state index contributed by atoms with van der Waals surface area (Å²) < 4.78 is 0.940. The second-order valence-corrected chi connectivity index (χ2v) is 9.09. The summed E-state index contributed by atoms with van der Waals surface area (Å²) in [6.07, 6.45) is 1.84. The van der Waals surface area contributed by atoms with Crippen molar-refractivity contribution < 1.29 is 9.90 Å². The van der Waals surface area contributed by atoms with Gasteiger partial charge in [-0.2, -0.15) is 5.26 Å². The second kappa shape index (κ2) is 8.78. The zero-order valence-corrected chi connectivity index (χ0v) is 19.3. The first-order valence-corrected chi connectivity index (χ1v) is 11.4. The summed E-state index contributed by atoms with van der Waals surface area (Å²) in [6.45, 7) is 3.50. The molecule has 3 rings (SSSR count). The van der Waals surface area contributed by atoms with Gasteiger partial charge in [-0.3, -0.25) is 4.79 Å². The lowest BCUT2D eigenvalue weighted by atomic mass is 9.73. The first-order valence-electron chi connectivity index (χ1n) is 9.10. The maximum atomic E-state index is 13.4. The number of rotatable bonds is 4. The van der Waals surface area contributed by atoms with Crippen LogP contribution >= 0.6 is 34.4 Å². The molecule has 29 heavy (non-hydrogen) atoms. The lowest BCUT2D eigenvalue weighted by Gasteiger charge is -2.43. The van der Waals surface area contributed by atoms with Gasteiger partial charge in [0.2, 0.25) is 5.91 Å². The average Bonchev–Trinajstić information content (AvgIpc) is 2.68. The molecule has 7 heteroatoms. The molecule has 5 nitrogen and oxygen atoms in total. The molecule has 0 aliphatic carbocycles. The van der Waals surface area contributed by atoms with E-state index >= 15 is 0 Å². The summed E-state index contributed by atoms with van der Waals surface area (Å²) in [5.41, 5.74) is 1.39. The molecule has 0 unspecified atom stereocenters. The maximum absolute atomic E-state index is 13.4. The number of aliphatic hydroxyl groups is 1. The number of anilines is 1. The van der Waals surface area contributed by atoms with Crippen molar-refractivity contribution in [2.45, 2.75) is 25.5 Å². The predicted octanol–water partition coefficient (Wildman–Crippen LogP) is 4.35. The van der Waals surface area contributed by atoms with Crippen molar-refractivity contribution in [3.8, 4) is 6.07 Å². The summed E-state index contributed by atoms with van der Waals surface area (Å²) in [4.78, 5) is 13.4. The second-order valence-electron chi connectivity index (χ2n) is 7.11. The van der Waals surface area contributed by atoms with Crippen LogP contribution in [-0.2, 0) is 4.79 Å². The van der Waals surface area contributed by atoms with Crippen LogP contribution in [0.15, 0.2) is 59.1 Å². The van der Waals surface area contributed by atoms with Crippen molar-refractivity contribution in [2.75, 3.05) is 11.6 Å². The number of halogens is 1. The Balaban J connectivity index is 2.14. The number of hydrogen-bond donors (Lipinski definition) is 3. The lowest BCUT2D eigenvalue weighted by Crippen LogP contribution is -2.57. The molecule has 2 aromatic rings. The van der Waals surface area contributed by atoms with E-state index in [-0.39, 0.29) is 5.91 Å². The Kier molecular flexibility index (Phi) is 6.56. The summed E-state index contributed by atoms with van der Waals surface area (Å²) in [7, 11) is 0. The molecule has 0 saturated carbocycles. The Bertz CT molecular complexity index is 1010. The SMILES string of the molecule is CSC1=C(C#N)[C@H](c2ccccc2I)[C@@H](C(=O)Nc2ccccc2C)[C@](C)(O)N1. The number of carbonyl (C=O) groups is 1. The molecule has 0 aromatic heterocycles. The van der Waals surface area contributed by atoms with Crippen LogP contribution in [0, 0.1) is 27.7 Å². The molecule has 1 amide bonds. The third-order valence-electron chi connectivity index (χ3n) is 5.11. The summed E-state index contributed by atoms with van der Waals surface area (Å²) in [5, 5.41) is 27.7. The number of allylic oxidation sites excluding steroid dienone is 1. The number of thioether (sulfide) groups is 1. The Morgan fingerprint density at radius 2 is 1.93 bits per heavy atom. The highest BCUT2D eigenvalue weighted by molar-refractivity contribution is 14.1. The number of hydrogen-bond acceptors (Lipinski definition) is 5. The number of nitrogens with zero attached hydrogens (tertiary/aromatic N) is 1. The molecule has 2 aromatic carbocycles. The highest BCUT2D eigenvalue weighted by Gasteiger charge is 2.50. The highest BCUT2D eigenvalue weighted by Crippen LogP contribution is 2.45. The number of amides is 1. The minimum absolute atomic E-state index is 0.339. The minimum atomic E-state index is -1.53. The molecule has 3 atom stereocenters. The van der Waals surface area contributed by atoms with Gasteiger partial charge in [0.05, 0.1) is 22.6 Å². The number of carbonyl (C=O) groups excluding carboxylic acids is 1. The van der Waals surface area contributed by atoms with Crippen LogP contribution in [0.2, 0.25) is 0 Å². The van der Waals surface area contributed by atoms with Crippen LogP contribution in [0.25, 0.3) is 0 Å². The van der Waals surface area contributed by atoms with Crippen LogP contribution in [0.4, 0.5) is 5.69 Å². The molecule has 0 spiro atoms. The normalized spacial score (nSPS) is 23.9. The molecule has 1 aliphatic heterocycles. The summed E-state index contributed by atoms with van der Waals surface area (Å²) in [6, 6.07) is 17.4. The standard InChI is InChI=1S/C22H22IN3O2S/c1-13-8-4-7-11-17(13)25-20(27)19-18(14-9-5-6-10-16(14)23)15(12-24)21(29-3)26-22(19,2)28/h4-11,18-19,26,28H,1-3H3,(H,25,27)/t18-,19-,22-/m0/s1. The van der Waals surface area contributed by atoms with Gasteiger partial charge < -0.3 is 15.7 Å². The zero-order chi connectivity index (χ0) is 21.2. The van der Waals surface area contributed by atoms with Gasteiger partial charge in [-0.25, -0.2) is 0 Å². The van der Waals surface area contributed by atoms with Crippen molar-refractivity contribution in [2.24, 2.45) is 5.92 Å². The van der Waals surface area contributed by atoms with E-state index in [1.165, 1.54) is 11.8 Å². The molecule has 150 valence electrons. The van der Waals surface area contributed by atoms with Gasteiger partial charge in [0.1, 0.15) is 5.72 Å². The molecule has 1 heterocycles. The van der Waals surface area contributed by atoms with Crippen LogP contribution in [0.1, 0.15) is 24.0 Å². The van der Waals surface area contributed by atoms with Gasteiger partial charge in [-0.15, -0.1) is 11.8 Å². The van der Waals surface area contributed by atoms with Gasteiger partial charge in [-0.05, 0) is 66.0 Å². The van der Waals surface area contributed by atoms with Gasteiger partial charge in [0.25, 0.3) is 0 Å². The quantitative estimate of drug-likeness (QED) is 0.524. The molecule has 0 radical (unpaired) electrons. The number of nitrogens with one attached hydrogen (secondary N) is 2. The Morgan fingerprint density at radius 3 is 2.55 bits per heavy atom. The van der Waals surface area contributed by atoms with Crippen LogP contribution < -0.4 is 10.6 Å². The number of nitriles is 1. The van der Waals surface area contributed by atoms with Crippen LogP contribution in [0.3, 0.4) is 0 Å². The summed E-state index contributed by atoms with van der Waals surface area (Å²) >= 11 is 3.57. The number of aryl methyl sites for hydroxylation is 1. The molecule has 0 saturated heterocycles. The third-order valence-corrected chi connectivity index (χ3v) is 6.82. The van der Waals surface area contributed by atoms with E-state index < -0.39 is 17.6 Å². The maximum Gasteiger partial charge on any atom is 0.233 e. The fourth-order valence-corrected chi connectivity index (χ4v) is 5.11. The van der Waals surface area contributed by atoms with Crippen molar-refractivity contribution in [3.05, 3.63) is 73.8 Å². The number of para-hydroxylation sites is 1. The average molecular weight is 519 g/mol. The number of benzene rings is 2. The molecule has 3 N–H and O–H groups in total. The fourth-order valence-electron chi connectivity index (χ4n) is 3.68. The molecular formula is C22H22IN3O2S. The van der Waals surface area contributed by atoms with Crippen LogP contribution in [-0.4, -0.2) is 23.0 Å². The summed E-state index contributed by atoms with van der Waals surface area (Å²) in [5.74, 6) is -1.81. The molecule has 1 aliphatic rings. The van der Waals surface area contributed by atoms with Gasteiger partial charge in [0, 0.05) is 15.2 Å². The van der Waals surface area contributed by atoms with Crippen molar-refractivity contribution in [1.29, 1.82) is 5.26 Å². The Labute approximate surface area is 188 Å². The largest absolute Gasteiger partial charge is 0.370 e. The van der Waals surface area contributed by atoms with Gasteiger partial charge >= 0.3 is 0 Å².